The molecule has 0 saturated carbocycles. The van der Waals surface area contributed by atoms with E-state index in [1.807, 2.05) is 67.6 Å². The van der Waals surface area contributed by atoms with Crippen LogP contribution in [0.1, 0.15) is 55.5 Å². The van der Waals surface area contributed by atoms with E-state index in [-0.39, 0.29) is 12.5 Å². The molecular weight excluding hydrogens is 636 g/mol. The number of carbonyl (C=O) groups excluding carboxylic acids is 2. The molecule has 0 N–H and O–H groups in total. The highest BCUT2D eigenvalue weighted by molar-refractivity contribution is 14.1. The predicted molar refractivity (Wildman–Crippen MR) is 158 cm³/mol. The molecule has 5 nitrogen and oxygen atoms in total. The van der Waals surface area contributed by atoms with Crippen LogP contribution in [0.2, 0.25) is 10.0 Å². The fourth-order valence-corrected chi connectivity index (χ4v) is 5.48. The van der Waals surface area contributed by atoms with Crippen LogP contribution >= 0.6 is 45.8 Å². The summed E-state index contributed by atoms with van der Waals surface area (Å²) < 4.78 is 13.2. The molecule has 0 radical (unpaired) electrons. The number of esters is 1. The van der Waals surface area contributed by atoms with Crippen LogP contribution in [0.3, 0.4) is 0 Å². The van der Waals surface area contributed by atoms with E-state index in [2.05, 4.69) is 22.6 Å². The van der Waals surface area contributed by atoms with Gasteiger partial charge in [-0.25, -0.2) is 4.79 Å². The van der Waals surface area contributed by atoms with Gasteiger partial charge in [-0.2, -0.15) is 0 Å². The van der Waals surface area contributed by atoms with Gasteiger partial charge < -0.3 is 14.4 Å². The van der Waals surface area contributed by atoms with Gasteiger partial charge in [0, 0.05) is 20.0 Å². The summed E-state index contributed by atoms with van der Waals surface area (Å²) in [6.07, 6.45) is 0.222. The summed E-state index contributed by atoms with van der Waals surface area (Å²) in [5.41, 5.74) is 2.66. The lowest BCUT2D eigenvalue weighted by Crippen LogP contribution is -2.57. The highest BCUT2D eigenvalue weighted by Gasteiger charge is 2.48. The van der Waals surface area contributed by atoms with E-state index in [4.69, 9.17) is 32.7 Å². The Morgan fingerprint density at radius 2 is 1.53 bits per heavy atom. The lowest BCUT2D eigenvalue weighted by Gasteiger charge is -2.47. The number of halogens is 3. The minimum atomic E-state index is -0.784. The first-order valence-corrected chi connectivity index (χ1v) is 14.6. The Labute approximate surface area is 247 Å². The summed E-state index contributed by atoms with van der Waals surface area (Å²) in [5.74, 6) is -0.647. The van der Waals surface area contributed by atoms with Crippen LogP contribution in [0, 0.1) is 3.57 Å². The van der Waals surface area contributed by atoms with Gasteiger partial charge in [0.2, 0.25) is 0 Å². The third kappa shape index (κ3) is 6.71. The number of amides is 1. The van der Waals surface area contributed by atoms with Crippen molar-refractivity contribution < 1.29 is 19.1 Å². The molecule has 0 spiro atoms. The number of carbonyl (C=O) groups is 2. The van der Waals surface area contributed by atoms with Gasteiger partial charge in [0.1, 0.15) is 18.2 Å². The molecule has 8 heteroatoms. The van der Waals surface area contributed by atoms with E-state index in [9.17, 15) is 9.59 Å². The van der Waals surface area contributed by atoms with Gasteiger partial charge in [0.25, 0.3) is 5.91 Å². The number of rotatable bonds is 9. The number of nitrogens with zero attached hydrogens (tertiary/aromatic N) is 1. The Kier molecular flexibility index (Phi) is 10.1. The number of benzene rings is 3. The summed E-state index contributed by atoms with van der Waals surface area (Å²) in [6.45, 7) is 4.00. The molecule has 1 aliphatic rings. The van der Waals surface area contributed by atoms with Gasteiger partial charge in [-0.05, 0) is 89.0 Å². The second kappa shape index (κ2) is 13.3. The summed E-state index contributed by atoms with van der Waals surface area (Å²) >= 11 is 14.7. The maximum Gasteiger partial charge on any atom is 0.328 e. The van der Waals surface area contributed by atoms with Crippen molar-refractivity contribution in [2.75, 3.05) is 6.61 Å². The zero-order valence-electron chi connectivity index (χ0n) is 21.3. The number of hydrogen-bond donors (Lipinski definition) is 0. The molecule has 1 heterocycles. The first-order chi connectivity index (χ1) is 18.3. The molecule has 1 aliphatic heterocycles. The largest absolute Gasteiger partial charge is 0.464 e. The Bertz CT molecular complexity index is 1230. The monoisotopic (exact) mass is 665 g/mol. The molecule has 0 unspecified atom stereocenters. The number of morpholine rings is 1. The molecule has 3 aromatic carbocycles. The van der Waals surface area contributed by atoms with E-state index < -0.39 is 30.3 Å². The van der Waals surface area contributed by atoms with Gasteiger partial charge in [-0.3, -0.25) is 4.79 Å². The Morgan fingerprint density at radius 3 is 2.08 bits per heavy atom. The van der Waals surface area contributed by atoms with Crippen molar-refractivity contribution in [3.05, 3.63) is 103 Å². The third-order valence-electron chi connectivity index (χ3n) is 6.63. The maximum atomic E-state index is 14.2. The van der Waals surface area contributed by atoms with Crippen molar-refractivity contribution in [1.82, 2.24) is 4.90 Å². The van der Waals surface area contributed by atoms with E-state index in [1.54, 1.807) is 24.0 Å². The summed E-state index contributed by atoms with van der Waals surface area (Å²) in [7, 11) is 0. The fraction of sp³-hybridized carbons (Fsp3) is 0.333. The zero-order chi connectivity index (χ0) is 27.2. The highest BCUT2D eigenvalue weighted by atomic mass is 127. The first-order valence-electron chi connectivity index (χ1n) is 12.7. The predicted octanol–water partition coefficient (Wildman–Crippen LogP) is 7.58. The maximum absolute atomic E-state index is 14.2. The van der Waals surface area contributed by atoms with E-state index in [0.717, 1.165) is 20.3 Å². The smallest absolute Gasteiger partial charge is 0.328 e. The molecule has 4 atom stereocenters. The normalized spacial score (nSPS) is 20.3. The third-order valence-corrected chi connectivity index (χ3v) is 7.85. The van der Waals surface area contributed by atoms with Gasteiger partial charge in [-0.15, -0.1) is 0 Å². The van der Waals surface area contributed by atoms with Gasteiger partial charge >= 0.3 is 5.97 Å². The molecule has 38 heavy (non-hydrogen) atoms. The number of hydrogen-bond acceptors (Lipinski definition) is 4. The molecule has 1 saturated heterocycles. The lowest BCUT2D eigenvalue weighted by molar-refractivity contribution is -0.186. The molecule has 0 bridgehead atoms. The molecule has 200 valence electrons. The second-order valence-corrected chi connectivity index (χ2v) is 11.3. The van der Waals surface area contributed by atoms with Crippen LogP contribution in [0.15, 0.2) is 72.8 Å². The standard InChI is InChI=1S/C30H30Cl2INO4/c1-3-5-25(30(36)37-4-2)34-27(20-8-12-22(31)13-9-20)28(21-10-14-23(32)15-11-21)38-26(29(34)35)18-19-6-16-24(33)17-7-19/h6-17,25-28H,3-5,18H2,1-2H3/t25-,26+,27-,28+/m1/s1. The highest BCUT2D eigenvalue weighted by Crippen LogP contribution is 2.44. The summed E-state index contributed by atoms with van der Waals surface area (Å²) in [5, 5.41) is 1.19. The van der Waals surface area contributed by atoms with Crippen LogP contribution in [-0.2, 0) is 25.5 Å². The lowest BCUT2D eigenvalue weighted by atomic mass is 9.88. The van der Waals surface area contributed by atoms with E-state index in [0.29, 0.717) is 29.3 Å². The van der Waals surface area contributed by atoms with Crippen molar-refractivity contribution in [1.29, 1.82) is 0 Å². The molecule has 1 amide bonds. The summed E-state index contributed by atoms with van der Waals surface area (Å²) in [4.78, 5) is 29.3. The van der Waals surface area contributed by atoms with Crippen molar-refractivity contribution in [3.8, 4) is 0 Å². The van der Waals surface area contributed by atoms with E-state index in [1.165, 1.54) is 0 Å². The SMILES string of the molecule is CCC[C@H](C(=O)OCC)N1C(=O)[C@H](Cc2ccc(I)cc2)O[C@@H](c2ccc(Cl)cc2)[C@H]1c1ccc(Cl)cc1. The molecule has 4 rings (SSSR count). The van der Waals surface area contributed by atoms with E-state index >= 15 is 0 Å². The van der Waals surface area contributed by atoms with Crippen molar-refractivity contribution in [3.63, 3.8) is 0 Å². The molecule has 0 aromatic heterocycles. The average Bonchev–Trinajstić information content (AvgIpc) is 2.91. The Hall–Kier alpha value is -2.13. The molecular formula is C30H30Cl2INO4. The topological polar surface area (TPSA) is 55.8 Å². The van der Waals surface area contributed by atoms with Crippen molar-refractivity contribution in [2.24, 2.45) is 0 Å². The van der Waals surface area contributed by atoms with Crippen LogP contribution in [0.25, 0.3) is 0 Å². The van der Waals surface area contributed by atoms with Gasteiger partial charge in [0.15, 0.2) is 0 Å². The summed E-state index contributed by atoms with van der Waals surface area (Å²) in [6, 6.07) is 21.5. The Balaban J connectivity index is 1.85. The second-order valence-electron chi connectivity index (χ2n) is 9.23. The molecule has 3 aromatic rings. The van der Waals surface area contributed by atoms with Crippen molar-refractivity contribution in [2.45, 2.75) is 57.4 Å². The minimum absolute atomic E-state index is 0.232. The molecule has 1 fully saturated rings. The van der Waals surface area contributed by atoms with Crippen LogP contribution in [-0.4, -0.2) is 35.5 Å². The quantitative estimate of drug-likeness (QED) is 0.175. The van der Waals surface area contributed by atoms with Crippen LogP contribution in [0.5, 0.6) is 0 Å². The number of ether oxygens (including phenoxy) is 2. The van der Waals surface area contributed by atoms with Gasteiger partial charge in [-0.1, -0.05) is 72.9 Å². The van der Waals surface area contributed by atoms with Crippen LogP contribution in [0.4, 0.5) is 0 Å². The fourth-order valence-electron chi connectivity index (χ4n) is 4.87. The average molecular weight is 666 g/mol. The van der Waals surface area contributed by atoms with Gasteiger partial charge in [0.05, 0.1) is 12.6 Å². The zero-order valence-corrected chi connectivity index (χ0v) is 24.9. The first kappa shape index (κ1) is 28.9. The Morgan fingerprint density at radius 1 is 0.947 bits per heavy atom. The minimum Gasteiger partial charge on any atom is -0.464 e. The molecule has 0 aliphatic carbocycles. The van der Waals surface area contributed by atoms with Crippen LogP contribution < -0.4 is 0 Å². The van der Waals surface area contributed by atoms with Crippen molar-refractivity contribution >= 4 is 57.7 Å².